The molecule has 1 aromatic rings. The summed E-state index contributed by atoms with van der Waals surface area (Å²) in [5.41, 5.74) is 6.58. The zero-order valence-electron chi connectivity index (χ0n) is 14.6. The molecule has 1 aliphatic heterocycles. The van der Waals surface area contributed by atoms with Crippen molar-refractivity contribution in [1.82, 2.24) is 4.90 Å². The number of rotatable bonds is 3. The van der Waals surface area contributed by atoms with Crippen molar-refractivity contribution in [3.63, 3.8) is 0 Å². The Hall–Kier alpha value is -2.28. The van der Waals surface area contributed by atoms with Gasteiger partial charge in [0.1, 0.15) is 12.4 Å². The van der Waals surface area contributed by atoms with E-state index in [-0.39, 0.29) is 17.8 Å². The third kappa shape index (κ3) is 3.79. The van der Waals surface area contributed by atoms with Gasteiger partial charge < -0.3 is 25.3 Å². The molecule has 24 heavy (non-hydrogen) atoms. The maximum atomic E-state index is 12.8. The van der Waals surface area contributed by atoms with E-state index in [1.54, 1.807) is 24.1 Å². The first-order chi connectivity index (χ1) is 11.3. The Morgan fingerprint density at radius 3 is 2.79 bits per heavy atom. The van der Waals surface area contributed by atoms with Gasteiger partial charge in [0.05, 0.1) is 12.6 Å². The summed E-state index contributed by atoms with van der Waals surface area (Å²) in [5, 5.41) is 11.8. The van der Waals surface area contributed by atoms with Gasteiger partial charge in [-0.2, -0.15) is 0 Å². The summed E-state index contributed by atoms with van der Waals surface area (Å²) in [5.74, 6) is 0.688. The summed E-state index contributed by atoms with van der Waals surface area (Å²) in [6.07, 6.45) is 0. The van der Waals surface area contributed by atoms with E-state index in [9.17, 15) is 4.79 Å². The number of methoxy groups -OCH3 is 1. The molecule has 7 heteroatoms. The molecule has 1 unspecified atom stereocenters. The lowest BCUT2D eigenvalue weighted by Gasteiger charge is -2.33. The number of nitrogens with zero attached hydrogens (tertiary/aromatic N) is 2. The van der Waals surface area contributed by atoms with Crippen LogP contribution in [-0.2, 0) is 16.1 Å². The second kappa shape index (κ2) is 7.09. The zero-order chi connectivity index (χ0) is 17.9. The Balaban J connectivity index is 2.37. The van der Waals surface area contributed by atoms with Crippen LogP contribution >= 0.6 is 0 Å². The van der Waals surface area contributed by atoms with Gasteiger partial charge in [-0.1, -0.05) is 38.1 Å². The minimum absolute atomic E-state index is 0.0155. The topological polar surface area (TPSA) is 97.4 Å². The first-order valence-corrected chi connectivity index (χ1v) is 7.81. The van der Waals surface area contributed by atoms with Crippen LogP contribution in [0.1, 0.15) is 31.9 Å². The van der Waals surface area contributed by atoms with E-state index in [0.717, 1.165) is 5.56 Å². The molecule has 0 saturated carbocycles. The van der Waals surface area contributed by atoms with Crippen molar-refractivity contribution < 1.29 is 19.5 Å². The second-order valence-electron chi connectivity index (χ2n) is 6.91. The highest BCUT2D eigenvalue weighted by atomic mass is 16.5. The van der Waals surface area contributed by atoms with Gasteiger partial charge in [0, 0.05) is 30.2 Å². The highest BCUT2D eigenvalue weighted by Crippen LogP contribution is 2.29. The largest absolute Gasteiger partial charge is 0.491 e. The van der Waals surface area contributed by atoms with Crippen molar-refractivity contribution in [2.24, 2.45) is 16.3 Å². The molecular weight excluding hydrogens is 310 g/mol. The molecule has 0 aromatic heterocycles. The Bertz CT molecular complexity index is 637. The Morgan fingerprint density at radius 1 is 1.50 bits per heavy atom. The Labute approximate surface area is 142 Å². The van der Waals surface area contributed by atoms with Crippen molar-refractivity contribution in [3.8, 4) is 5.75 Å². The number of carbonyl (C=O) groups is 1. The first-order valence-electron chi connectivity index (χ1n) is 7.81. The summed E-state index contributed by atoms with van der Waals surface area (Å²) in [4.78, 5) is 14.6. The molecule has 1 heterocycles. The van der Waals surface area contributed by atoms with E-state index in [2.05, 4.69) is 5.16 Å². The summed E-state index contributed by atoms with van der Waals surface area (Å²) in [6, 6.07) is 5.12. The molecule has 0 saturated heterocycles. The lowest BCUT2D eigenvalue weighted by molar-refractivity contribution is -0.144. The molecule has 3 N–H and O–H groups in total. The zero-order valence-corrected chi connectivity index (χ0v) is 14.6. The molecule has 0 aliphatic carbocycles. The SMILES string of the molecule is COCC1COc2cc(C(N)=NO)ccc2CN1C(=O)C(C)(C)C. The minimum Gasteiger partial charge on any atom is -0.491 e. The van der Waals surface area contributed by atoms with Crippen molar-refractivity contribution in [2.45, 2.75) is 33.4 Å². The van der Waals surface area contributed by atoms with E-state index < -0.39 is 5.41 Å². The molecule has 0 bridgehead atoms. The van der Waals surface area contributed by atoms with Crippen LogP contribution in [0.15, 0.2) is 23.4 Å². The number of carbonyl (C=O) groups excluding carboxylic acids is 1. The number of fused-ring (bicyclic) bond motifs is 1. The molecule has 0 radical (unpaired) electrons. The van der Waals surface area contributed by atoms with Crippen LogP contribution in [0.2, 0.25) is 0 Å². The van der Waals surface area contributed by atoms with Gasteiger partial charge >= 0.3 is 0 Å². The monoisotopic (exact) mass is 335 g/mol. The van der Waals surface area contributed by atoms with Gasteiger partial charge in [-0.05, 0) is 6.07 Å². The van der Waals surface area contributed by atoms with Crippen LogP contribution in [0.25, 0.3) is 0 Å². The molecule has 0 spiro atoms. The predicted molar refractivity (Wildman–Crippen MR) is 90.1 cm³/mol. The van der Waals surface area contributed by atoms with Crippen molar-refractivity contribution in [1.29, 1.82) is 0 Å². The van der Waals surface area contributed by atoms with Gasteiger partial charge in [-0.15, -0.1) is 0 Å². The number of amides is 1. The lowest BCUT2D eigenvalue weighted by atomic mass is 9.93. The number of amidine groups is 1. The fourth-order valence-electron chi connectivity index (χ4n) is 2.62. The van der Waals surface area contributed by atoms with Crippen LogP contribution in [0.4, 0.5) is 0 Å². The van der Waals surface area contributed by atoms with Crippen LogP contribution in [-0.4, -0.2) is 48.2 Å². The predicted octanol–water partition coefficient (Wildman–Crippen LogP) is 1.56. The minimum atomic E-state index is -0.496. The molecule has 0 fully saturated rings. The van der Waals surface area contributed by atoms with E-state index in [1.165, 1.54) is 0 Å². The number of oxime groups is 1. The highest BCUT2D eigenvalue weighted by Gasteiger charge is 2.34. The Kier molecular flexibility index (Phi) is 5.33. The molecule has 7 nitrogen and oxygen atoms in total. The molecule has 2 rings (SSSR count). The van der Waals surface area contributed by atoms with Crippen LogP contribution < -0.4 is 10.5 Å². The second-order valence-corrected chi connectivity index (χ2v) is 6.91. The molecule has 1 amide bonds. The van der Waals surface area contributed by atoms with E-state index >= 15 is 0 Å². The third-order valence-corrected chi connectivity index (χ3v) is 3.94. The standard InChI is InChI=1S/C17H25N3O4/c1-17(2,3)16(21)20-8-12-6-5-11(15(18)19-22)7-14(12)24-10-13(20)9-23-4/h5-7,13,22H,8-10H2,1-4H3,(H2,18,19). The lowest BCUT2D eigenvalue weighted by Crippen LogP contribution is -2.48. The quantitative estimate of drug-likeness (QED) is 0.378. The smallest absolute Gasteiger partial charge is 0.228 e. The summed E-state index contributed by atoms with van der Waals surface area (Å²) >= 11 is 0. The summed E-state index contributed by atoms with van der Waals surface area (Å²) in [7, 11) is 1.61. The average Bonchev–Trinajstić information content (AvgIpc) is 2.72. The number of hydrogen-bond acceptors (Lipinski definition) is 5. The fourth-order valence-corrected chi connectivity index (χ4v) is 2.62. The van der Waals surface area contributed by atoms with E-state index in [1.807, 2.05) is 26.8 Å². The van der Waals surface area contributed by atoms with Crippen LogP contribution in [0.5, 0.6) is 5.75 Å². The number of ether oxygens (including phenoxy) is 2. The van der Waals surface area contributed by atoms with Gasteiger partial charge in [-0.3, -0.25) is 4.79 Å². The van der Waals surface area contributed by atoms with Gasteiger partial charge in [-0.25, -0.2) is 0 Å². The maximum Gasteiger partial charge on any atom is 0.228 e. The van der Waals surface area contributed by atoms with E-state index in [4.69, 9.17) is 20.4 Å². The first kappa shape index (κ1) is 18.1. The van der Waals surface area contributed by atoms with Crippen molar-refractivity contribution in [2.75, 3.05) is 20.3 Å². The molecular formula is C17H25N3O4. The number of hydrogen-bond donors (Lipinski definition) is 2. The Morgan fingerprint density at radius 2 is 2.21 bits per heavy atom. The molecule has 132 valence electrons. The third-order valence-electron chi connectivity index (χ3n) is 3.94. The van der Waals surface area contributed by atoms with Gasteiger partial charge in [0.25, 0.3) is 0 Å². The molecule has 1 aromatic carbocycles. The van der Waals surface area contributed by atoms with Gasteiger partial charge in [0.2, 0.25) is 5.91 Å². The average molecular weight is 335 g/mol. The van der Waals surface area contributed by atoms with Crippen LogP contribution in [0, 0.1) is 5.41 Å². The van der Waals surface area contributed by atoms with E-state index in [0.29, 0.717) is 31.1 Å². The number of benzene rings is 1. The van der Waals surface area contributed by atoms with Crippen LogP contribution in [0.3, 0.4) is 0 Å². The number of nitrogens with two attached hydrogens (primary N) is 1. The normalized spacial score (nSPS) is 18.6. The van der Waals surface area contributed by atoms with Crippen molar-refractivity contribution in [3.05, 3.63) is 29.3 Å². The summed E-state index contributed by atoms with van der Waals surface area (Å²) < 4.78 is 11.1. The molecule has 1 atom stereocenters. The highest BCUT2D eigenvalue weighted by molar-refractivity contribution is 5.97. The van der Waals surface area contributed by atoms with Gasteiger partial charge in [0.15, 0.2) is 5.84 Å². The summed E-state index contributed by atoms with van der Waals surface area (Å²) in [6.45, 7) is 6.83. The molecule has 1 aliphatic rings. The fraction of sp³-hybridized carbons (Fsp3) is 0.529. The maximum absolute atomic E-state index is 12.8. The van der Waals surface area contributed by atoms with Crippen molar-refractivity contribution >= 4 is 11.7 Å².